The number of fused-ring (bicyclic) bond motifs is 1. The summed E-state index contributed by atoms with van der Waals surface area (Å²) in [5.41, 5.74) is 1.05. The van der Waals surface area contributed by atoms with Crippen molar-refractivity contribution in [1.29, 1.82) is 0 Å². The van der Waals surface area contributed by atoms with Gasteiger partial charge >= 0.3 is 6.09 Å². The number of carbonyl (C=O) groups is 1. The van der Waals surface area contributed by atoms with Crippen molar-refractivity contribution in [3.63, 3.8) is 0 Å². The molecule has 2 aromatic rings. The summed E-state index contributed by atoms with van der Waals surface area (Å²) in [6.45, 7) is 5.62. The van der Waals surface area contributed by atoms with E-state index in [1.54, 1.807) is 6.20 Å². The van der Waals surface area contributed by atoms with Crippen molar-refractivity contribution in [2.75, 3.05) is 12.1 Å². The number of ether oxygens (including phenoxy) is 3. The van der Waals surface area contributed by atoms with E-state index in [0.717, 1.165) is 11.3 Å². The molecule has 0 saturated carbocycles. The summed E-state index contributed by atoms with van der Waals surface area (Å²) in [6, 6.07) is 1.85. The Hall–Kier alpha value is -2.61. The molecule has 3 rings (SSSR count). The molecule has 1 N–H and O–H groups in total. The first-order valence-corrected chi connectivity index (χ1v) is 8.16. The van der Waals surface area contributed by atoms with Crippen LogP contribution in [0.2, 0.25) is 0 Å². The maximum Gasteiger partial charge on any atom is 0.413 e. The summed E-state index contributed by atoms with van der Waals surface area (Å²) in [5.74, 6) is 1.13. The summed E-state index contributed by atoms with van der Waals surface area (Å²) in [7, 11) is 0. The predicted octanol–water partition coefficient (Wildman–Crippen LogP) is 3.78. The van der Waals surface area contributed by atoms with Gasteiger partial charge in [-0.3, -0.25) is 5.32 Å². The average molecular weight is 347 g/mol. The van der Waals surface area contributed by atoms with Crippen LogP contribution in [-0.2, 0) is 4.74 Å². The minimum absolute atomic E-state index is 0.196. The number of thiazole rings is 1. The third kappa shape index (κ3) is 4.23. The van der Waals surface area contributed by atoms with E-state index in [4.69, 9.17) is 14.2 Å². The summed E-state index contributed by atoms with van der Waals surface area (Å²) >= 11 is 1.32. The fourth-order valence-electron chi connectivity index (χ4n) is 1.89. The van der Waals surface area contributed by atoms with Crippen molar-refractivity contribution in [2.45, 2.75) is 26.4 Å². The van der Waals surface area contributed by atoms with Gasteiger partial charge in [0.1, 0.15) is 5.60 Å². The second-order valence-electron chi connectivity index (χ2n) is 6.02. The fourth-order valence-corrected chi connectivity index (χ4v) is 2.56. The van der Waals surface area contributed by atoms with E-state index < -0.39 is 11.7 Å². The molecule has 0 atom stereocenters. The van der Waals surface area contributed by atoms with Gasteiger partial charge in [0.15, 0.2) is 10.9 Å². The van der Waals surface area contributed by atoms with E-state index in [1.165, 1.54) is 11.3 Å². The number of anilines is 1. The minimum Gasteiger partial charge on any atom is -0.452 e. The molecule has 8 heteroatoms. The zero-order chi connectivity index (χ0) is 17.2. The third-order valence-electron chi connectivity index (χ3n) is 2.83. The monoisotopic (exact) mass is 347 g/mol. The smallest absolute Gasteiger partial charge is 0.413 e. The van der Waals surface area contributed by atoms with E-state index >= 15 is 0 Å². The van der Waals surface area contributed by atoms with Crippen LogP contribution in [0.5, 0.6) is 11.6 Å². The molecule has 0 bridgehead atoms. The number of pyridine rings is 1. The number of rotatable bonds is 3. The Bertz CT molecular complexity index is 780. The number of carbonyl (C=O) groups excluding carboxylic acids is 1. The number of nitrogens with zero attached hydrogens (tertiary/aromatic N) is 2. The van der Waals surface area contributed by atoms with Crippen LogP contribution in [0.3, 0.4) is 0 Å². The van der Waals surface area contributed by atoms with Gasteiger partial charge in [-0.15, -0.1) is 11.3 Å². The lowest BCUT2D eigenvalue weighted by Gasteiger charge is -2.18. The lowest BCUT2D eigenvalue weighted by atomic mass is 10.2. The van der Waals surface area contributed by atoms with Gasteiger partial charge in [-0.05, 0) is 38.5 Å². The van der Waals surface area contributed by atoms with Crippen LogP contribution in [0.25, 0.3) is 12.2 Å². The third-order valence-corrected chi connectivity index (χ3v) is 3.60. The average Bonchev–Trinajstić information content (AvgIpc) is 3.11. The Kier molecular flexibility index (Phi) is 4.39. The quantitative estimate of drug-likeness (QED) is 0.910. The van der Waals surface area contributed by atoms with Crippen LogP contribution in [-0.4, -0.2) is 28.5 Å². The molecule has 24 heavy (non-hydrogen) atoms. The van der Waals surface area contributed by atoms with Crippen molar-refractivity contribution in [2.24, 2.45) is 0 Å². The Balaban J connectivity index is 1.62. The summed E-state index contributed by atoms with van der Waals surface area (Å²) in [6.07, 6.45) is 4.86. The van der Waals surface area contributed by atoms with Crippen LogP contribution in [0.4, 0.5) is 9.93 Å². The normalized spacial score (nSPS) is 13.3. The van der Waals surface area contributed by atoms with E-state index in [2.05, 4.69) is 15.3 Å². The zero-order valence-corrected chi connectivity index (χ0v) is 14.3. The fraction of sp³-hybridized carbons (Fsp3) is 0.312. The molecular weight excluding hydrogens is 330 g/mol. The van der Waals surface area contributed by atoms with Gasteiger partial charge in [0.25, 0.3) is 5.88 Å². The summed E-state index contributed by atoms with van der Waals surface area (Å²) < 4.78 is 15.6. The first kappa shape index (κ1) is 16.3. The van der Waals surface area contributed by atoms with E-state index in [9.17, 15) is 4.79 Å². The van der Waals surface area contributed by atoms with E-state index in [1.807, 2.05) is 44.4 Å². The Morgan fingerprint density at radius 3 is 3.00 bits per heavy atom. The number of hydrogen-bond acceptors (Lipinski definition) is 7. The molecule has 1 amide bonds. The van der Waals surface area contributed by atoms with Crippen molar-refractivity contribution >= 4 is 34.7 Å². The molecule has 0 unspecified atom stereocenters. The highest BCUT2D eigenvalue weighted by molar-refractivity contribution is 7.14. The second kappa shape index (κ2) is 6.48. The molecule has 7 nitrogen and oxygen atoms in total. The first-order chi connectivity index (χ1) is 11.4. The molecule has 0 radical (unpaired) electrons. The van der Waals surface area contributed by atoms with Crippen molar-refractivity contribution in [1.82, 2.24) is 9.97 Å². The SMILES string of the molecule is CC(C)(C)OC(=O)Nc1nc(C=Cc2cnc3c(c2)OCO3)cs1. The van der Waals surface area contributed by atoms with Crippen molar-refractivity contribution in [3.8, 4) is 11.6 Å². The Labute approximate surface area is 143 Å². The largest absolute Gasteiger partial charge is 0.452 e. The summed E-state index contributed by atoms with van der Waals surface area (Å²) in [5, 5.41) is 4.93. The number of aromatic nitrogens is 2. The number of amides is 1. The van der Waals surface area contributed by atoms with Crippen LogP contribution in [0.15, 0.2) is 17.6 Å². The molecular formula is C16H17N3O4S. The molecule has 0 spiro atoms. The van der Waals surface area contributed by atoms with Gasteiger partial charge in [-0.2, -0.15) is 0 Å². The van der Waals surface area contributed by atoms with Crippen LogP contribution >= 0.6 is 11.3 Å². The van der Waals surface area contributed by atoms with Gasteiger partial charge in [0.05, 0.1) is 5.69 Å². The topological polar surface area (TPSA) is 82.6 Å². The first-order valence-electron chi connectivity index (χ1n) is 7.28. The highest BCUT2D eigenvalue weighted by Gasteiger charge is 2.17. The molecule has 3 heterocycles. The summed E-state index contributed by atoms with van der Waals surface area (Å²) in [4.78, 5) is 20.2. The maximum atomic E-state index is 11.7. The van der Waals surface area contributed by atoms with Crippen molar-refractivity contribution < 1.29 is 19.0 Å². The lowest BCUT2D eigenvalue weighted by Crippen LogP contribution is -2.27. The Morgan fingerprint density at radius 1 is 1.38 bits per heavy atom. The highest BCUT2D eigenvalue weighted by atomic mass is 32.1. The van der Waals surface area contributed by atoms with Gasteiger partial charge in [0.2, 0.25) is 6.79 Å². The van der Waals surface area contributed by atoms with Crippen molar-refractivity contribution in [3.05, 3.63) is 28.9 Å². The lowest BCUT2D eigenvalue weighted by molar-refractivity contribution is 0.0636. The molecule has 2 aromatic heterocycles. The molecule has 0 aromatic carbocycles. The van der Waals surface area contributed by atoms with Gasteiger partial charge in [-0.25, -0.2) is 14.8 Å². The molecule has 0 aliphatic carbocycles. The second-order valence-corrected chi connectivity index (χ2v) is 6.87. The van der Waals surface area contributed by atoms with E-state index in [0.29, 0.717) is 16.8 Å². The van der Waals surface area contributed by atoms with Crippen LogP contribution in [0.1, 0.15) is 32.0 Å². The maximum absolute atomic E-state index is 11.7. The van der Waals surface area contributed by atoms with E-state index in [-0.39, 0.29) is 6.79 Å². The van der Waals surface area contributed by atoms with Crippen LogP contribution < -0.4 is 14.8 Å². The highest BCUT2D eigenvalue weighted by Crippen LogP contribution is 2.30. The van der Waals surface area contributed by atoms with Crippen LogP contribution in [0, 0.1) is 0 Å². The van der Waals surface area contributed by atoms with Gasteiger partial charge in [-0.1, -0.05) is 6.08 Å². The zero-order valence-electron chi connectivity index (χ0n) is 13.5. The molecule has 1 aliphatic rings. The minimum atomic E-state index is -0.545. The molecule has 0 fully saturated rings. The molecule has 1 aliphatic heterocycles. The van der Waals surface area contributed by atoms with Gasteiger partial charge < -0.3 is 14.2 Å². The number of hydrogen-bond donors (Lipinski definition) is 1. The predicted molar refractivity (Wildman–Crippen MR) is 91.3 cm³/mol. The molecule has 0 saturated heterocycles. The Morgan fingerprint density at radius 2 is 2.21 bits per heavy atom. The van der Waals surface area contributed by atoms with Gasteiger partial charge in [0, 0.05) is 11.6 Å². The molecule has 126 valence electrons. The number of nitrogens with one attached hydrogen (secondary N) is 1. The standard InChI is InChI=1S/C16H17N3O4S/c1-16(2,3)23-15(20)19-14-18-11(8-24-14)5-4-10-6-12-13(17-7-10)22-9-21-12/h4-8H,9H2,1-3H3,(H,18,19,20).